The van der Waals surface area contributed by atoms with Crippen LogP contribution in [0.4, 0.5) is 5.69 Å². The van der Waals surface area contributed by atoms with Gasteiger partial charge in [0.1, 0.15) is 0 Å². The zero-order valence-corrected chi connectivity index (χ0v) is 17.3. The molecule has 0 aromatic heterocycles. The molecule has 5 rings (SSSR count). The zero-order valence-electron chi connectivity index (χ0n) is 17.3. The number of rotatable bonds is 5. The second-order valence-corrected chi connectivity index (χ2v) is 8.37. The molecule has 0 radical (unpaired) electrons. The summed E-state index contributed by atoms with van der Waals surface area (Å²) in [6.07, 6.45) is 6.51. The summed E-state index contributed by atoms with van der Waals surface area (Å²) < 4.78 is 0. The summed E-state index contributed by atoms with van der Waals surface area (Å²) >= 11 is 0. The molecule has 152 valence electrons. The maximum absolute atomic E-state index is 5.22. The largest absolute Gasteiger partial charge is 0.304 e. The van der Waals surface area contributed by atoms with Gasteiger partial charge in [0.2, 0.25) is 0 Å². The van der Waals surface area contributed by atoms with E-state index in [1.807, 2.05) is 0 Å². The van der Waals surface area contributed by atoms with Crippen molar-refractivity contribution in [2.24, 2.45) is 5.10 Å². The van der Waals surface area contributed by atoms with Crippen LogP contribution in [0.2, 0.25) is 0 Å². The van der Waals surface area contributed by atoms with E-state index in [0.717, 1.165) is 11.4 Å². The molecule has 2 atom stereocenters. The van der Waals surface area contributed by atoms with Gasteiger partial charge >= 0.3 is 0 Å². The van der Waals surface area contributed by atoms with Crippen LogP contribution in [-0.2, 0) is 0 Å². The van der Waals surface area contributed by atoms with Gasteiger partial charge in [-0.25, -0.2) is 0 Å². The fourth-order valence-electron chi connectivity index (χ4n) is 4.85. The van der Waals surface area contributed by atoms with Crippen molar-refractivity contribution in [2.75, 3.05) is 5.01 Å². The molecule has 1 heterocycles. The Morgan fingerprint density at radius 2 is 1.30 bits per heavy atom. The summed E-state index contributed by atoms with van der Waals surface area (Å²) in [5.41, 5.74) is 4.76. The molecule has 30 heavy (non-hydrogen) atoms. The molecule has 2 aliphatic rings. The number of anilines is 1. The van der Waals surface area contributed by atoms with Gasteiger partial charge in [-0.1, -0.05) is 98.1 Å². The highest BCUT2D eigenvalue weighted by atomic mass is 15.5. The van der Waals surface area contributed by atoms with E-state index in [1.165, 1.54) is 43.2 Å². The van der Waals surface area contributed by atoms with E-state index in [0.29, 0.717) is 6.04 Å². The van der Waals surface area contributed by atoms with Crippen molar-refractivity contribution < 1.29 is 0 Å². The van der Waals surface area contributed by atoms with E-state index < -0.39 is 0 Å². The average Bonchev–Trinajstić information content (AvgIpc) is 3.20. The molecule has 3 aromatic rings. The minimum atomic E-state index is 0.130. The molecule has 3 heteroatoms. The van der Waals surface area contributed by atoms with Crippen LogP contribution in [0.5, 0.6) is 0 Å². The van der Waals surface area contributed by atoms with Crippen LogP contribution in [0.25, 0.3) is 0 Å². The molecular formula is C27H29N3. The van der Waals surface area contributed by atoms with Gasteiger partial charge in [-0.15, -0.1) is 0 Å². The van der Waals surface area contributed by atoms with Crippen molar-refractivity contribution >= 4 is 11.4 Å². The van der Waals surface area contributed by atoms with E-state index in [2.05, 4.69) is 101 Å². The summed E-state index contributed by atoms with van der Waals surface area (Å²) in [5.74, 6) is 0. The Kier molecular flexibility index (Phi) is 5.62. The number of benzene rings is 3. The highest BCUT2D eigenvalue weighted by Gasteiger charge is 2.40. The minimum Gasteiger partial charge on any atom is -0.304 e. The van der Waals surface area contributed by atoms with Gasteiger partial charge < -0.3 is 5.32 Å². The van der Waals surface area contributed by atoms with Gasteiger partial charge in [-0.3, -0.25) is 5.01 Å². The molecule has 0 amide bonds. The number of hydrogen-bond donors (Lipinski definition) is 1. The smallest absolute Gasteiger partial charge is 0.0986 e. The van der Waals surface area contributed by atoms with Crippen LogP contribution < -0.4 is 10.3 Å². The van der Waals surface area contributed by atoms with Gasteiger partial charge in [0.05, 0.1) is 23.5 Å². The monoisotopic (exact) mass is 395 g/mol. The Bertz CT molecular complexity index is 963. The van der Waals surface area contributed by atoms with E-state index in [1.54, 1.807) is 0 Å². The van der Waals surface area contributed by atoms with Crippen LogP contribution in [0.15, 0.2) is 96.1 Å². The predicted molar refractivity (Wildman–Crippen MR) is 125 cm³/mol. The first-order chi connectivity index (χ1) is 14.9. The van der Waals surface area contributed by atoms with Gasteiger partial charge in [-0.2, -0.15) is 5.10 Å². The lowest BCUT2D eigenvalue weighted by Gasteiger charge is -2.33. The Labute approximate surface area is 179 Å². The molecule has 3 aromatic carbocycles. The van der Waals surface area contributed by atoms with Crippen molar-refractivity contribution in [3.63, 3.8) is 0 Å². The van der Waals surface area contributed by atoms with E-state index >= 15 is 0 Å². The van der Waals surface area contributed by atoms with Gasteiger partial charge in [0.15, 0.2) is 0 Å². The van der Waals surface area contributed by atoms with Crippen molar-refractivity contribution in [1.29, 1.82) is 0 Å². The molecule has 0 saturated heterocycles. The first-order valence-electron chi connectivity index (χ1n) is 11.2. The van der Waals surface area contributed by atoms with Crippen molar-refractivity contribution in [2.45, 2.75) is 50.2 Å². The number of hydrazone groups is 1. The third-order valence-electron chi connectivity index (χ3n) is 6.34. The van der Waals surface area contributed by atoms with E-state index in [-0.39, 0.29) is 12.1 Å². The summed E-state index contributed by atoms with van der Waals surface area (Å²) in [6.45, 7) is 0. The standard InChI is InChI=1S/C27H29N3/c1-5-13-21(14-6-1)25-26(28-23-17-9-3-10-18-23)27(22-15-7-2-8-16-22)30(29-25)24-19-11-4-12-20-24/h1-2,4-8,11-16,19-20,23,26-28H,3,9-10,17-18H2/t26-,27-/m1/s1. The van der Waals surface area contributed by atoms with Crippen LogP contribution in [0.3, 0.4) is 0 Å². The third-order valence-corrected chi connectivity index (χ3v) is 6.34. The highest BCUT2D eigenvalue weighted by Crippen LogP contribution is 2.37. The SMILES string of the molecule is c1ccc(C2=NN(c3ccccc3)[C@H](c3ccccc3)[C@@H]2NC2CCCCC2)cc1. The zero-order chi connectivity index (χ0) is 20.2. The number of nitrogens with one attached hydrogen (secondary N) is 1. The molecule has 1 N–H and O–H groups in total. The Morgan fingerprint density at radius 3 is 1.97 bits per heavy atom. The topological polar surface area (TPSA) is 27.6 Å². The van der Waals surface area contributed by atoms with Gasteiger partial charge in [0, 0.05) is 6.04 Å². The first-order valence-corrected chi connectivity index (χ1v) is 11.2. The van der Waals surface area contributed by atoms with Crippen molar-refractivity contribution in [1.82, 2.24) is 5.32 Å². The number of nitrogens with zero attached hydrogens (tertiary/aromatic N) is 2. The van der Waals surface area contributed by atoms with Crippen LogP contribution >= 0.6 is 0 Å². The summed E-state index contributed by atoms with van der Waals surface area (Å²) in [4.78, 5) is 0. The maximum Gasteiger partial charge on any atom is 0.0986 e. The lowest BCUT2D eigenvalue weighted by atomic mass is 9.89. The first kappa shape index (κ1) is 19.1. The Morgan fingerprint density at radius 1 is 0.700 bits per heavy atom. The Hall–Kier alpha value is -2.91. The molecule has 1 fully saturated rings. The molecule has 1 saturated carbocycles. The molecule has 1 aliphatic heterocycles. The lowest BCUT2D eigenvalue weighted by Crippen LogP contribution is -2.47. The molecule has 0 unspecified atom stereocenters. The molecule has 1 aliphatic carbocycles. The average molecular weight is 396 g/mol. The van der Waals surface area contributed by atoms with Crippen LogP contribution in [0, 0.1) is 0 Å². The second-order valence-electron chi connectivity index (χ2n) is 8.37. The van der Waals surface area contributed by atoms with Crippen LogP contribution in [0.1, 0.15) is 49.3 Å². The quantitative estimate of drug-likeness (QED) is 0.579. The molecule has 3 nitrogen and oxygen atoms in total. The minimum absolute atomic E-state index is 0.130. The normalized spacial score (nSPS) is 22.1. The molecular weight excluding hydrogens is 366 g/mol. The Balaban J connectivity index is 1.59. The summed E-state index contributed by atoms with van der Waals surface area (Å²) in [7, 11) is 0. The fraction of sp³-hybridized carbons (Fsp3) is 0.296. The van der Waals surface area contributed by atoms with Crippen molar-refractivity contribution in [3.05, 3.63) is 102 Å². The summed E-state index contributed by atoms with van der Waals surface area (Å²) in [5, 5.41) is 11.5. The van der Waals surface area contributed by atoms with Crippen molar-refractivity contribution in [3.8, 4) is 0 Å². The molecule has 0 bridgehead atoms. The lowest BCUT2D eigenvalue weighted by molar-refractivity contribution is 0.348. The van der Waals surface area contributed by atoms with E-state index in [9.17, 15) is 0 Å². The third kappa shape index (κ3) is 3.90. The van der Waals surface area contributed by atoms with E-state index in [4.69, 9.17) is 5.10 Å². The predicted octanol–water partition coefficient (Wildman–Crippen LogP) is 5.94. The number of hydrogen-bond acceptors (Lipinski definition) is 3. The molecule has 0 spiro atoms. The fourth-order valence-corrected chi connectivity index (χ4v) is 4.85. The maximum atomic E-state index is 5.22. The highest BCUT2D eigenvalue weighted by molar-refractivity contribution is 6.07. The van der Waals surface area contributed by atoms with Gasteiger partial charge in [-0.05, 0) is 36.1 Å². The second kappa shape index (κ2) is 8.85. The summed E-state index contributed by atoms with van der Waals surface area (Å²) in [6, 6.07) is 32.9. The number of para-hydroxylation sites is 1. The van der Waals surface area contributed by atoms with Gasteiger partial charge in [0.25, 0.3) is 0 Å². The van der Waals surface area contributed by atoms with Crippen LogP contribution in [-0.4, -0.2) is 17.8 Å².